The SMILES string of the molecule is Nc1nc(N)c2c(CCCc3ccc(C(=O)N[C@@H](CCC(=O)N[C@@H](CCC(=O)N[C@@H](CCC(=O)N[C@@H](CCC(=O)O)C(=O)O)C(=O)O)C(=O)O)C(=O)O)cc3)c[nH]c2n1. The minimum atomic E-state index is -1.65. The monoisotopic (exact) mass is 827 g/mol. The number of fused-ring (bicyclic) bond motifs is 1. The van der Waals surface area contributed by atoms with Gasteiger partial charge < -0.3 is 63.3 Å². The Morgan fingerprint density at radius 1 is 0.593 bits per heavy atom. The number of anilines is 2. The van der Waals surface area contributed by atoms with Gasteiger partial charge in [0.15, 0.2) is 0 Å². The maximum absolute atomic E-state index is 12.9. The number of carboxylic acid groups (broad SMARTS) is 5. The first-order valence-corrected chi connectivity index (χ1v) is 18.1. The summed E-state index contributed by atoms with van der Waals surface area (Å²) in [5.74, 6) is -10.5. The Labute approximate surface area is 334 Å². The zero-order chi connectivity index (χ0) is 43.8. The Balaban J connectivity index is 1.44. The van der Waals surface area contributed by atoms with E-state index in [0.29, 0.717) is 30.3 Å². The summed E-state index contributed by atoms with van der Waals surface area (Å²) in [4.78, 5) is 119. The van der Waals surface area contributed by atoms with Crippen molar-refractivity contribution in [2.45, 2.75) is 94.8 Å². The van der Waals surface area contributed by atoms with E-state index in [4.69, 9.17) is 21.7 Å². The Morgan fingerprint density at radius 2 is 1.03 bits per heavy atom. The summed E-state index contributed by atoms with van der Waals surface area (Å²) in [5, 5.41) is 56.0. The number of carbonyl (C=O) groups excluding carboxylic acids is 4. The number of hydrogen-bond donors (Lipinski definition) is 12. The van der Waals surface area contributed by atoms with Gasteiger partial charge in [0.1, 0.15) is 35.6 Å². The van der Waals surface area contributed by atoms with Crippen LogP contribution in [0.5, 0.6) is 0 Å². The second-order valence-corrected chi connectivity index (χ2v) is 13.3. The van der Waals surface area contributed by atoms with Crippen molar-refractivity contribution in [3.8, 4) is 0 Å². The third kappa shape index (κ3) is 14.9. The number of aryl methyl sites for hydroxylation is 2. The average molecular weight is 828 g/mol. The number of H-pyrrole nitrogens is 1. The fraction of sp³-hybridized carbons (Fsp3) is 0.417. The molecule has 0 saturated carbocycles. The molecule has 23 nitrogen and oxygen atoms in total. The van der Waals surface area contributed by atoms with E-state index >= 15 is 0 Å². The van der Waals surface area contributed by atoms with Crippen LogP contribution in [0, 0.1) is 0 Å². The van der Waals surface area contributed by atoms with Gasteiger partial charge in [0.25, 0.3) is 5.91 Å². The number of nitrogens with zero attached hydrogens (tertiary/aromatic N) is 2. The van der Waals surface area contributed by atoms with Gasteiger partial charge in [-0.3, -0.25) is 24.0 Å². The fourth-order valence-corrected chi connectivity index (χ4v) is 5.81. The lowest BCUT2D eigenvalue weighted by molar-refractivity contribution is -0.144. The summed E-state index contributed by atoms with van der Waals surface area (Å²) in [5.41, 5.74) is 14.2. The fourth-order valence-electron chi connectivity index (χ4n) is 5.81. The van der Waals surface area contributed by atoms with Gasteiger partial charge in [0.2, 0.25) is 23.7 Å². The molecule has 2 heterocycles. The number of hydrogen-bond acceptors (Lipinski definition) is 13. The summed E-state index contributed by atoms with van der Waals surface area (Å²) < 4.78 is 0. The topological polar surface area (TPSA) is 397 Å². The van der Waals surface area contributed by atoms with Crippen LogP contribution in [0.25, 0.3) is 11.0 Å². The van der Waals surface area contributed by atoms with E-state index in [1.54, 1.807) is 18.3 Å². The molecular formula is C36H45N9O14. The van der Waals surface area contributed by atoms with Crippen LogP contribution in [0.3, 0.4) is 0 Å². The van der Waals surface area contributed by atoms with Gasteiger partial charge in [-0.15, -0.1) is 0 Å². The molecule has 14 N–H and O–H groups in total. The number of rotatable bonds is 25. The number of nitrogen functional groups attached to an aromatic ring is 2. The zero-order valence-corrected chi connectivity index (χ0v) is 31.4. The van der Waals surface area contributed by atoms with E-state index in [-0.39, 0.29) is 17.3 Å². The third-order valence-electron chi connectivity index (χ3n) is 8.92. The maximum Gasteiger partial charge on any atom is 0.326 e. The quantitative estimate of drug-likeness (QED) is 0.0507. The van der Waals surface area contributed by atoms with E-state index in [9.17, 15) is 58.5 Å². The van der Waals surface area contributed by atoms with Crippen molar-refractivity contribution in [1.29, 1.82) is 0 Å². The number of amides is 4. The molecule has 59 heavy (non-hydrogen) atoms. The Kier molecular flexibility index (Phi) is 17.0. The van der Waals surface area contributed by atoms with E-state index in [1.165, 1.54) is 12.1 Å². The highest BCUT2D eigenvalue weighted by molar-refractivity contribution is 5.97. The molecule has 2 aromatic heterocycles. The Bertz CT molecular complexity index is 2050. The highest BCUT2D eigenvalue weighted by Gasteiger charge is 2.27. The molecule has 23 heteroatoms. The predicted octanol–water partition coefficient (Wildman–Crippen LogP) is -0.606. The molecule has 0 aliphatic heterocycles. The zero-order valence-electron chi connectivity index (χ0n) is 31.4. The highest BCUT2D eigenvalue weighted by Crippen LogP contribution is 2.24. The van der Waals surface area contributed by atoms with Crippen molar-refractivity contribution < 1.29 is 68.7 Å². The van der Waals surface area contributed by atoms with Crippen LogP contribution in [0.4, 0.5) is 11.8 Å². The molecule has 0 fully saturated rings. The molecule has 4 amide bonds. The molecule has 0 spiro atoms. The summed E-state index contributed by atoms with van der Waals surface area (Å²) in [7, 11) is 0. The summed E-state index contributed by atoms with van der Waals surface area (Å²) in [6.07, 6.45) is -0.318. The molecule has 0 unspecified atom stereocenters. The smallest absolute Gasteiger partial charge is 0.326 e. The molecular weight excluding hydrogens is 782 g/mol. The summed E-state index contributed by atoms with van der Waals surface area (Å²) >= 11 is 0. The second kappa shape index (κ2) is 21.8. The molecule has 3 aromatic rings. The van der Waals surface area contributed by atoms with E-state index < -0.39 is 129 Å². The predicted molar refractivity (Wildman–Crippen MR) is 203 cm³/mol. The molecule has 0 radical (unpaired) electrons. The summed E-state index contributed by atoms with van der Waals surface area (Å²) in [6.45, 7) is 0. The lowest BCUT2D eigenvalue weighted by Gasteiger charge is -2.18. The highest BCUT2D eigenvalue weighted by atomic mass is 16.4. The van der Waals surface area contributed by atoms with Gasteiger partial charge in [-0.1, -0.05) is 12.1 Å². The molecule has 4 atom stereocenters. The number of aromatic nitrogens is 3. The van der Waals surface area contributed by atoms with Crippen molar-refractivity contribution >= 4 is 76.3 Å². The lowest BCUT2D eigenvalue weighted by atomic mass is 10.0. The van der Waals surface area contributed by atoms with Crippen molar-refractivity contribution in [1.82, 2.24) is 36.2 Å². The van der Waals surface area contributed by atoms with Gasteiger partial charge in [0, 0.05) is 37.4 Å². The number of carboxylic acids is 5. The lowest BCUT2D eigenvalue weighted by Crippen LogP contribution is -2.45. The minimum Gasteiger partial charge on any atom is -0.481 e. The van der Waals surface area contributed by atoms with Gasteiger partial charge >= 0.3 is 29.8 Å². The second-order valence-electron chi connectivity index (χ2n) is 13.3. The molecule has 0 bridgehead atoms. The van der Waals surface area contributed by atoms with Crippen LogP contribution in [0.15, 0.2) is 30.5 Å². The third-order valence-corrected chi connectivity index (χ3v) is 8.92. The number of nitrogens with two attached hydrogens (primary N) is 2. The number of nitrogens with one attached hydrogen (secondary N) is 5. The first-order chi connectivity index (χ1) is 27.8. The standard InChI is InChI=1S/C36H45N9O14/c37-29-28-19(16-39-30(28)45-36(38)44-29)3-1-2-17-4-6-18(7-5-17)31(51)43-23(35(58)59)10-14-26(48)41-21(33(54)55)8-12-24(46)40-20(32(52)53)9-13-25(47)42-22(34(56)57)11-15-27(49)50/h4-7,16,20-23H,1-3,8-15H2,(H,40,46)(H,41,48)(H,42,47)(H,43,51)(H,49,50)(H,52,53)(H,54,55)(H,56,57)(H,58,59)(H5,37,38,39,44,45)/t20-,21-,22-,23-/m0/s1. The average Bonchev–Trinajstić information content (AvgIpc) is 3.57. The normalized spacial score (nSPS) is 12.9. The van der Waals surface area contributed by atoms with Crippen molar-refractivity contribution in [3.63, 3.8) is 0 Å². The number of carbonyl (C=O) groups is 9. The molecule has 0 saturated heterocycles. The largest absolute Gasteiger partial charge is 0.481 e. The molecule has 318 valence electrons. The van der Waals surface area contributed by atoms with Gasteiger partial charge in [-0.2, -0.15) is 9.97 Å². The summed E-state index contributed by atoms with van der Waals surface area (Å²) in [6, 6.07) is 0.0991. The first-order valence-electron chi connectivity index (χ1n) is 18.1. The molecule has 1 aromatic carbocycles. The van der Waals surface area contributed by atoms with Crippen molar-refractivity contribution in [2.75, 3.05) is 11.5 Å². The first kappa shape index (κ1) is 46.1. The van der Waals surface area contributed by atoms with E-state index in [2.05, 4.69) is 36.2 Å². The van der Waals surface area contributed by atoms with Crippen LogP contribution in [0.1, 0.15) is 79.3 Å². The number of aromatic amines is 1. The van der Waals surface area contributed by atoms with Crippen LogP contribution >= 0.6 is 0 Å². The molecule has 0 aliphatic carbocycles. The van der Waals surface area contributed by atoms with Gasteiger partial charge in [-0.05, 0) is 68.2 Å². The van der Waals surface area contributed by atoms with Crippen molar-refractivity contribution in [2.24, 2.45) is 0 Å². The molecule has 3 rings (SSSR count). The maximum atomic E-state index is 12.9. The van der Waals surface area contributed by atoms with Crippen LogP contribution < -0.4 is 32.7 Å². The minimum absolute atomic E-state index is 0.0588. The van der Waals surface area contributed by atoms with E-state index in [0.717, 1.165) is 11.1 Å². The Morgan fingerprint density at radius 3 is 1.47 bits per heavy atom. The van der Waals surface area contributed by atoms with Gasteiger partial charge in [0.05, 0.1) is 5.39 Å². The number of aliphatic carboxylic acids is 5. The van der Waals surface area contributed by atoms with Crippen LogP contribution in [-0.4, -0.2) is 118 Å². The van der Waals surface area contributed by atoms with Gasteiger partial charge in [-0.25, -0.2) is 19.2 Å². The molecule has 0 aliphatic rings. The van der Waals surface area contributed by atoms with Crippen LogP contribution in [-0.2, 0) is 51.2 Å². The Hall–Kier alpha value is -7.33. The van der Waals surface area contributed by atoms with Crippen molar-refractivity contribution in [3.05, 3.63) is 47.2 Å². The number of benzene rings is 1. The van der Waals surface area contributed by atoms with Crippen LogP contribution in [0.2, 0.25) is 0 Å². The van der Waals surface area contributed by atoms with E-state index in [1.807, 2.05) is 0 Å².